The molecule has 1 atom stereocenters. The second-order valence-corrected chi connectivity index (χ2v) is 4.44. The van der Waals surface area contributed by atoms with Gasteiger partial charge < -0.3 is 15.8 Å². The fourth-order valence-corrected chi connectivity index (χ4v) is 1.44. The van der Waals surface area contributed by atoms with Crippen LogP contribution in [0.5, 0.6) is 5.75 Å². The van der Waals surface area contributed by atoms with E-state index in [2.05, 4.69) is 12.2 Å². The van der Waals surface area contributed by atoms with Crippen LogP contribution in [0.15, 0.2) is 24.3 Å². The van der Waals surface area contributed by atoms with E-state index in [9.17, 15) is 4.79 Å². The van der Waals surface area contributed by atoms with Crippen LogP contribution in [-0.4, -0.2) is 18.6 Å². The number of carbonyl (C=O) groups is 1. The summed E-state index contributed by atoms with van der Waals surface area (Å²) in [5.74, 6) is 0.819. The van der Waals surface area contributed by atoms with E-state index < -0.39 is 0 Å². The van der Waals surface area contributed by atoms with Gasteiger partial charge >= 0.3 is 0 Å². The zero-order valence-corrected chi connectivity index (χ0v) is 11.1. The number of nitrogens with one attached hydrogen (secondary N) is 1. The van der Waals surface area contributed by atoms with Crippen LogP contribution < -0.4 is 15.8 Å². The Balaban J connectivity index is 2.40. The first-order chi connectivity index (χ1) is 8.61. The van der Waals surface area contributed by atoms with E-state index in [4.69, 9.17) is 10.5 Å². The van der Waals surface area contributed by atoms with Gasteiger partial charge in [-0.2, -0.15) is 0 Å². The third-order valence-electron chi connectivity index (χ3n) is 2.44. The van der Waals surface area contributed by atoms with Crippen molar-refractivity contribution in [3.05, 3.63) is 24.3 Å². The molecule has 100 valence electrons. The van der Waals surface area contributed by atoms with Crippen molar-refractivity contribution in [2.24, 2.45) is 5.73 Å². The molecule has 0 heterocycles. The van der Waals surface area contributed by atoms with Crippen molar-refractivity contribution in [1.29, 1.82) is 0 Å². The van der Waals surface area contributed by atoms with Gasteiger partial charge in [-0.25, -0.2) is 0 Å². The summed E-state index contributed by atoms with van der Waals surface area (Å²) in [6.07, 6.45) is 2.13. The molecule has 0 bridgehead atoms. The molecule has 4 nitrogen and oxygen atoms in total. The predicted molar refractivity (Wildman–Crippen MR) is 73.7 cm³/mol. The zero-order valence-electron chi connectivity index (χ0n) is 11.1. The summed E-state index contributed by atoms with van der Waals surface area (Å²) in [6, 6.07) is 7.46. The number of rotatable bonds is 7. The van der Waals surface area contributed by atoms with Crippen molar-refractivity contribution in [1.82, 2.24) is 0 Å². The number of carbonyl (C=O) groups excluding carboxylic acids is 1. The summed E-state index contributed by atoms with van der Waals surface area (Å²) in [7, 11) is 0. The van der Waals surface area contributed by atoms with E-state index in [0.717, 1.165) is 17.9 Å². The minimum Gasteiger partial charge on any atom is -0.494 e. The van der Waals surface area contributed by atoms with Crippen LogP contribution in [0, 0.1) is 0 Å². The summed E-state index contributed by atoms with van der Waals surface area (Å²) in [5.41, 5.74) is 6.39. The second-order valence-electron chi connectivity index (χ2n) is 4.44. The molecule has 0 aliphatic carbocycles. The lowest BCUT2D eigenvalue weighted by Crippen LogP contribution is -2.19. The second kappa shape index (κ2) is 7.71. The van der Waals surface area contributed by atoms with Gasteiger partial charge in [-0.05, 0) is 44.0 Å². The van der Waals surface area contributed by atoms with E-state index in [0.29, 0.717) is 19.4 Å². The Morgan fingerprint density at radius 2 is 2.06 bits per heavy atom. The Labute approximate surface area is 109 Å². The third-order valence-corrected chi connectivity index (χ3v) is 2.44. The quantitative estimate of drug-likeness (QED) is 0.781. The lowest BCUT2D eigenvalue weighted by Gasteiger charge is -2.08. The standard InChI is InChI=1S/C14H22N2O2/c1-3-10-18-13-7-5-12(6-8-13)16-14(17)9-4-11(2)15/h5-8,11H,3-4,9-10,15H2,1-2H3,(H,16,17). The largest absolute Gasteiger partial charge is 0.494 e. The number of ether oxygens (including phenoxy) is 1. The number of benzene rings is 1. The molecule has 0 aliphatic rings. The Kier molecular flexibility index (Phi) is 6.22. The van der Waals surface area contributed by atoms with E-state index >= 15 is 0 Å². The Hall–Kier alpha value is -1.55. The highest BCUT2D eigenvalue weighted by Gasteiger charge is 2.04. The molecule has 0 spiro atoms. The highest BCUT2D eigenvalue weighted by Crippen LogP contribution is 2.16. The molecule has 1 aromatic carbocycles. The Morgan fingerprint density at radius 3 is 2.61 bits per heavy atom. The van der Waals surface area contributed by atoms with E-state index in [1.807, 2.05) is 31.2 Å². The van der Waals surface area contributed by atoms with Crippen molar-refractivity contribution in [2.45, 2.75) is 39.2 Å². The highest BCUT2D eigenvalue weighted by molar-refractivity contribution is 5.90. The maximum absolute atomic E-state index is 11.6. The predicted octanol–water partition coefficient (Wildman–Crippen LogP) is 2.54. The molecule has 0 radical (unpaired) electrons. The molecule has 1 aromatic rings. The van der Waals surface area contributed by atoms with E-state index in [1.165, 1.54) is 0 Å². The average Bonchev–Trinajstić information content (AvgIpc) is 2.35. The van der Waals surface area contributed by atoms with Crippen molar-refractivity contribution < 1.29 is 9.53 Å². The number of hydrogen-bond donors (Lipinski definition) is 2. The normalized spacial score (nSPS) is 11.9. The monoisotopic (exact) mass is 250 g/mol. The van der Waals surface area contributed by atoms with Crippen molar-refractivity contribution >= 4 is 11.6 Å². The van der Waals surface area contributed by atoms with Gasteiger partial charge in [0.2, 0.25) is 5.91 Å². The van der Waals surface area contributed by atoms with Gasteiger partial charge in [0.25, 0.3) is 0 Å². The van der Waals surface area contributed by atoms with Gasteiger partial charge in [-0.15, -0.1) is 0 Å². The fourth-order valence-electron chi connectivity index (χ4n) is 1.44. The Morgan fingerprint density at radius 1 is 1.39 bits per heavy atom. The van der Waals surface area contributed by atoms with Crippen molar-refractivity contribution in [3.63, 3.8) is 0 Å². The molecular weight excluding hydrogens is 228 g/mol. The summed E-state index contributed by atoms with van der Waals surface area (Å²) >= 11 is 0. The molecule has 18 heavy (non-hydrogen) atoms. The molecule has 0 aliphatic heterocycles. The van der Waals surface area contributed by atoms with Gasteiger partial charge in [0.05, 0.1) is 6.61 Å². The summed E-state index contributed by atoms with van der Waals surface area (Å²) in [4.78, 5) is 11.6. The lowest BCUT2D eigenvalue weighted by atomic mass is 10.2. The highest BCUT2D eigenvalue weighted by atomic mass is 16.5. The molecule has 4 heteroatoms. The third kappa shape index (κ3) is 5.68. The summed E-state index contributed by atoms with van der Waals surface area (Å²) in [5, 5.41) is 2.83. The van der Waals surface area contributed by atoms with Crippen LogP contribution >= 0.6 is 0 Å². The van der Waals surface area contributed by atoms with Crippen molar-refractivity contribution in [3.8, 4) is 5.75 Å². The molecule has 0 fully saturated rings. The first-order valence-electron chi connectivity index (χ1n) is 6.40. The maximum Gasteiger partial charge on any atom is 0.224 e. The number of amides is 1. The molecule has 0 aromatic heterocycles. The van der Waals surface area contributed by atoms with E-state index in [1.54, 1.807) is 0 Å². The fraction of sp³-hybridized carbons (Fsp3) is 0.500. The first kappa shape index (κ1) is 14.5. The van der Waals surface area contributed by atoms with Crippen LogP contribution in [0.25, 0.3) is 0 Å². The van der Waals surface area contributed by atoms with Gasteiger partial charge in [0.15, 0.2) is 0 Å². The van der Waals surface area contributed by atoms with Crippen LogP contribution in [0.2, 0.25) is 0 Å². The van der Waals surface area contributed by atoms with Crippen LogP contribution in [0.3, 0.4) is 0 Å². The molecule has 3 N–H and O–H groups in total. The molecule has 0 saturated carbocycles. The van der Waals surface area contributed by atoms with Crippen LogP contribution in [0.1, 0.15) is 33.1 Å². The average molecular weight is 250 g/mol. The molecule has 0 saturated heterocycles. The van der Waals surface area contributed by atoms with Gasteiger partial charge in [0.1, 0.15) is 5.75 Å². The topological polar surface area (TPSA) is 64.3 Å². The van der Waals surface area contributed by atoms with Crippen LogP contribution in [0.4, 0.5) is 5.69 Å². The van der Waals surface area contributed by atoms with E-state index in [-0.39, 0.29) is 11.9 Å². The summed E-state index contributed by atoms with van der Waals surface area (Å²) < 4.78 is 5.46. The van der Waals surface area contributed by atoms with Crippen molar-refractivity contribution in [2.75, 3.05) is 11.9 Å². The maximum atomic E-state index is 11.6. The first-order valence-corrected chi connectivity index (χ1v) is 6.40. The number of anilines is 1. The molecule has 1 unspecified atom stereocenters. The number of hydrogen-bond acceptors (Lipinski definition) is 3. The van der Waals surface area contributed by atoms with Gasteiger partial charge in [0, 0.05) is 18.2 Å². The van der Waals surface area contributed by atoms with Gasteiger partial charge in [-0.1, -0.05) is 6.92 Å². The van der Waals surface area contributed by atoms with Gasteiger partial charge in [-0.3, -0.25) is 4.79 Å². The molecular formula is C14H22N2O2. The smallest absolute Gasteiger partial charge is 0.224 e. The number of nitrogens with two attached hydrogens (primary N) is 1. The molecule has 1 amide bonds. The molecule has 1 rings (SSSR count). The zero-order chi connectivity index (χ0) is 13.4. The minimum atomic E-state index is -0.00507. The summed E-state index contributed by atoms with van der Waals surface area (Å²) in [6.45, 7) is 4.67. The lowest BCUT2D eigenvalue weighted by molar-refractivity contribution is -0.116. The van der Waals surface area contributed by atoms with Crippen LogP contribution in [-0.2, 0) is 4.79 Å². The SMILES string of the molecule is CCCOc1ccc(NC(=O)CCC(C)N)cc1. The minimum absolute atomic E-state index is 0.00507. The Bertz CT molecular complexity index is 361.